The summed E-state index contributed by atoms with van der Waals surface area (Å²) in [7, 11) is 1.65. The van der Waals surface area contributed by atoms with Gasteiger partial charge in [-0.3, -0.25) is 14.4 Å². The van der Waals surface area contributed by atoms with Gasteiger partial charge in [-0.1, -0.05) is 38.1 Å². The molecule has 1 aromatic heterocycles. The van der Waals surface area contributed by atoms with Crippen molar-refractivity contribution >= 4 is 29.1 Å². The highest BCUT2D eigenvalue weighted by molar-refractivity contribution is 7.13. The van der Waals surface area contributed by atoms with Gasteiger partial charge in [-0.25, -0.2) is 4.98 Å². The summed E-state index contributed by atoms with van der Waals surface area (Å²) in [6.07, 6.45) is 1.41. The van der Waals surface area contributed by atoms with E-state index in [-0.39, 0.29) is 23.6 Å². The monoisotopic (exact) mass is 456 g/mol. The first-order chi connectivity index (χ1) is 15.2. The van der Waals surface area contributed by atoms with Crippen LogP contribution in [-0.4, -0.2) is 58.2 Å². The molecule has 2 atom stereocenters. The number of aryl methyl sites for hydroxylation is 1. The lowest BCUT2D eigenvalue weighted by Gasteiger charge is -2.34. The van der Waals surface area contributed by atoms with E-state index < -0.39 is 12.1 Å². The number of aromatic nitrogens is 1. The maximum absolute atomic E-state index is 13.2. The molecule has 0 spiro atoms. The second-order valence-electron chi connectivity index (χ2n) is 8.69. The van der Waals surface area contributed by atoms with Crippen molar-refractivity contribution in [3.63, 3.8) is 0 Å². The number of benzene rings is 1. The summed E-state index contributed by atoms with van der Waals surface area (Å²) in [4.78, 5) is 46.6. The average Bonchev–Trinajstić information content (AvgIpc) is 3.41. The van der Waals surface area contributed by atoms with Crippen molar-refractivity contribution < 1.29 is 14.4 Å². The van der Waals surface area contributed by atoms with Crippen molar-refractivity contribution in [3.05, 3.63) is 41.0 Å². The van der Waals surface area contributed by atoms with Crippen LogP contribution in [0.25, 0.3) is 10.4 Å². The molecule has 0 saturated carbocycles. The van der Waals surface area contributed by atoms with Crippen LogP contribution in [0.4, 0.5) is 0 Å². The number of likely N-dealkylation sites (tertiary alicyclic amines) is 1. The average molecular weight is 457 g/mol. The number of hydrogen-bond acceptors (Lipinski definition) is 5. The molecule has 1 N–H and O–H groups in total. The van der Waals surface area contributed by atoms with Gasteiger partial charge in [0.25, 0.3) is 0 Å². The summed E-state index contributed by atoms with van der Waals surface area (Å²) in [6, 6.07) is 7.02. The van der Waals surface area contributed by atoms with Crippen LogP contribution in [0.5, 0.6) is 0 Å². The zero-order chi connectivity index (χ0) is 23.4. The Balaban J connectivity index is 1.63. The molecule has 8 heteroatoms. The highest BCUT2D eigenvalue weighted by Crippen LogP contribution is 2.27. The zero-order valence-corrected chi connectivity index (χ0v) is 20.2. The molecule has 1 aliphatic rings. The van der Waals surface area contributed by atoms with E-state index in [0.717, 1.165) is 28.1 Å². The Morgan fingerprint density at radius 1 is 1.25 bits per heavy atom. The molecule has 2 aromatic rings. The van der Waals surface area contributed by atoms with Crippen LogP contribution in [0.2, 0.25) is 0 Å². The molecular weight excluding hydrogens is 424 g/mol. The molecule has 3 rings (SSSR count). The van der Waals surface area contributed by atoms with E-state index >= 15 is 0 Å². The molecule has 2 unspecified atom stereocenters. The number of nitrogens with zero attached hydrogens (tertiary/aromatic N) is 3. The van der Waals surface area contributed by atoms with Gasteiger partial charge in [0.15, 0.2) is 0 Å². The van der Waals surface area contributed by atoms with Gasteiger partial charge < -0.3 is 15.1 Å². The van der Waals surface area contributed by atoms with E-state index in [1.165, 1.54) is 11.8 Å². The number of amides is 3. The normalized spacial score (nSPS) is 16.8. The van der Waals surface area contributed by atoms with Crippen LogP contribution in [-0.2, 0) is 20.9 Å². The Bertz CT molecular complexity index is 970. The van der Waals surface area contributed by atoms with Gasteiger partial charge in [-0.2, -0.15) is 0 Å². The Morgan fingerprint density at radius 2 is 1.94 bits per heavy atom. The van der Waals surface area contributed by atoms with Gasteiger partial charge in [0.05, 0.1) is 16.1 Å². The van der Waals surface area contributed by atoms with Crippen molar-refractivity contribution in [2.45, 2.75) is 59.2 Å². The number of nitrogens with one attached hydrogen (secondary N) is 1. The van der Waals surface area contributed by atoms with Crippen molar-refractivity contribution in [1.82, 2.24) is 20.1 Å². The number of carbonyl (C=O) groups is 3. The highest BCUT2D eigenvalue weighted by Gasteiger charge is 2.39. The lowest BCUT2D eigenvalue weighted by Crippen LogP contribution is -2.55. The Hall–Kier alpha value is -2.74. The summed E-state index contributed by atoms with van der Waals surface area (Å²) in [5.41, 5.74) is 4.96. The smallest absolute Gasteiger partial charge is 0.246 e. The lowest BCUT2D eigenvalue weighted by atomic mass is 10.0. The van der Waals surface area contributed by atoms with Gasteiger partial charge in [0.1, 0.15) is 12.1 Å². The molecule has 0 aliphatic carbocycles. The van der Waals surface area contributed by atoms with E-state index in [2.05, 4.69) is 10.3 Å². The molecule has 1 fully saturated rings. The minimum Gasteiger partial charge on any atom is -0.350 e. The van der Waals surface area contributed by atoms with E-state index in [9.17, 15) is 14.4 Å². The third-order valence-electron chi connectivity index (χ3n) is 6.07. The summed E-state index contributed by atoms with van der Waals surface area (Å²) in [6.45, 7) is 8.23. The van der Waals surface area contributed by atoms with Gasteiger partial charge in [-0.15, -0.1) is 11.3 Å². The molecule has 7 nitrogen and oxygen atoms in total. The number of rotatable bonds is 7. The fraction of sp³-hybridized carbons (Fsp3) is 0.500. The third kappa shape index (κ3) is 5.18. The first-order valence-electron chi connectivity index (χ1n) is 11.0. The molecule has 1 saturated heterocycles. The fourth-order valence-electron chi connectivity index (χ4n) is 4.23. The van der Waals surface area contributed by atoms with Crippen molar-refractivity contribution in [1.29, 1.82) is 0 Å². The van der Waals surface area contributed by atoms with E-state index in [4.69, 9.17) is 0 Å². The van der Waals surface area contributed by atoms with Crippen LogP contribution in [0.1, 0.15) is 44.9 Å². The lowest BCUT2D eigenvalue weighted by molar-refractivity contribution is -0.148. The first kappa shape index (κ1) is 23.9. The Morgan fingerprint density at radius 3 is 2.50 bits per heavy atom. The minimum atomic E-state index is -0.566. The maximum atomic E-state index is 13.2. The van der Waals surface area contributed by atoms with Crippen LogP contribution in [0.3, 0.4) is 0 Å². The van der Waals surface area contributed by atoms with Crippen molar-refractivity contribution in [2.75, 3.05) is 13.6 Å². The summed E-state index contributed by atoms with van der Waals surface area (Å²) >= 11 is 1.61. The fourth-order valence-corrected chi connectivity index (χ4v) is 5.04. The standard InChI is InChI=1S/C24H32N4O3S/c1-15(2)21(27(5)17(4)29)24(31)28-12-6-7-20(28)23(30)25-13-18-8-10-19(11-9-18)22-16(3)26-14-32-22/h8-11,14-15,20-21H,6-7,12-13H2,1-5H3,(H,25,30). The molecule has 3 amide bonds. The quantitative estimate of drug-likeness (QED) is 0.693. The first-order valence-corrected chi connectivity index (χ1v) is 11.9. The van der Waals surface area contributed by atoms with Crippen molar-refractivity contribution in [2.24, 2.45) is 5.92 Å². The van der Waals surface area contributed by atoms with Crippen molar-refractivity contribution in [3.8, 4) is 10.4 Å². The molecule has 0 radical (unpaired) electrons. The largest absolute Gasteiger partial charge is 0.350 e. The second kappa shape index (κ2) is 10.3. The molecule has 1 aliphatic heterocycles. The number of hydrogen-bond donors (Lipinski definition) is 1. The van der Waals surface area contributed by atoms with Crippen LogP contribution >= 0.6 is 11.3 Å². The number of carbonyl (C=O) groups excluding carboxylic acids is 3. The molecule has 0 bridgehead atoms. The zero-order valence-electron chi connectivity index (χ0n) is 19.4. The van der Waals surface area contributed by atoms with E-state index in [1.54, 1.807) is 23.3 Å². The van der Waals surface area contributed by atoms with Gasteiger partial charge >= 0.3 is 0 Å². The van der Waals surface area contributed by atoms with Crippen LogP contribution in [0.15, 0.2) is 29.8 Å². The van der Waals surface area contributed by atoms with Crippen LogP contribution < -0.4 is 5.32 Å². The predicted octanol–water partition coefficient (Wildman–Crippen LogP) is 3.23. The van der Waals surface area contributed by atoms with Gasteiger partial charge in [0, 0.05) is 27.1 Å². The maximum Gasteiger partial charge on any atom is 0.246 e. The highest BCUT2D eigenvalue weighted by atomic mass is 32.1. The SMILES string of the molecule is CC(=O)N(C)C(C(=O)N1CCCC1C(=O)NCc1ccc(-c2scnc2C)cc1)C(C)C. The predicted molar refractivity (Wildman–Crippen MR) is 126 cm³/mol. The third-order valence-corrected chi connectivity index (χ3v) is 7.04. The summed E-state index contributed by atoms with van der Waals surface area (Å²) in [5.74, 6) is -0.499. The molecular formula is C24H32N4O3S. The Kier molecular flexibility index (Phi) is 7.66. The number of likely N-dealkylation sites (N-methyl/N-ethyl adjacent to an activating group) is 1. The molecule has 2 heterocycles. The topological polar surface area (TPSA) is 82.6 Å². The molecule has 1 aromatic carbocycles. The number of thiazole rings is 1. The minimum absolute atomic E-state index is 0.0404. The summed E-state index contributed by atoms with van der Waals surface area (Å²) < 4.78 is 0. The van der Waals surface area contributed by atoms with Gasteiger partial charge in [-0.05, 0) is 36.8 Å². The second-order valence-corrected chi connectivity index (χ2v) is 9.54. The van der Waals surface area contributed by atoms with E-state index in [1.807, 2.05) is 50.5 Å². The summed E-state index contributed by atoms with van der Waals surface area (Å²) in [5, 5.41) is 2.99. The van der Waals surface area contributed by atoms with Crippen LogP contribution in [0, 0.1) is 12.8 Å². The van der Waals surface area contributed by atoms with Gasteiger partial charge in [0.2, 0.25) is 17.7 Å². The molecule has 172 valence electrons. The molecule has 32 heavy (non-hydrogen) atoms. The van der Waals surface area contributed by atoms with E-state index in [0.29, 0.717) is 19.5 Å². The Labute approximate surface area is 193 Å².